The Kier molecular flexibility index (Phi) is 5.78. The van der Waals surface area contributed by atoms with Crippen molar-refractivity contribution in [1.29, 1.82) is 0 Å². The molecule has 0 aromatic carbocycles. The largest absolute Gasteiger partial charge is 0.396 e. The monoisotopic (exact) mass is 230 g/mol. The molecule has 0 aliphatic rings. The molecule has 0 aliphatic heterocycles. The van der Waals surface area contributed by atoms with Crippen LogP contribution in [-0.2, 0) is 4.74 Å². The molecule has 0 spiro atoms. The number of aliphatic hydroxyl groups excluding tert-OH is 1. The fraction of sp³-hybridized carbons (Fsp3) is 0.700. The summed E-state index contributed by atoms with van der Waals surface area (Å²) < 4.78 is 5.08. The van der Waals surface area contributed by atoms with E-state index in [0.717, 1.165) is 5.69 Å². The molecule has 1 rings (SSSR count). The number of hydrogen-bond donors (Lipinski definition) is 2. The van der Waals surface area contributed by atoms with E-state index in [-0.39, 0.29) is 18.7 Å². The van der Waals surface area contributed by atoms with Gasteiger partial charge < -0.3 is 15.2 Å². The number of nitrogens with one attached hydrogen (secondary N) is 1. The zero-order chi connectivity index (χ0) is 11.1. The minimum atomic E-state index is 0.171. The Hall–Kier alpha value is -0.490. The number of rotatable bonds is 7. The van der Waals surface area contributed by atoms with Crippen molar-refractivity contribution >= 4 is 11.3 Å². The van der Waals surface area contributed by atoms with Crippen LogP contribution in [-0.4, -0.2) is 36.5 Å². The third kappa shape index (κ3) is 4.25. The molecule has 1 aromatic rings. The molecule has 0 amide bonds. The molecule has 2 N–H and O–H groups in total. The fourth-order valence-electron chi connectivity index (χ4n) is 1.45. The minimum absolute atomic E-state index is 0.171. The SMILES string of the molecule is COCC(CCO)NC(C)c1cscn1. The van der Waals surface area contributed by atoms with Gasteiger partial charge in [-0.25, -0.2) is 4.98 Å². The number of thiazole rings is 1. The van der Waals surface area contributed by atoms with Crippen molar-refractivity contribution in [3.05, 3.63) is 16.6 Å². The Balaban J connectivity index is 2.43. The third-order valence-electron chi connectivity index (χ3n) is 2.23. The molecule has 4 nitrogen and oxygen atoms in total. The Labute approximate surface area is 94.3 Å². The molecule has 0 radical (unpaired) electrons. The molecule has 0 aliphatic carbocycles. The molecule has 0 saturated heterocycles. The minimum Gasteiger partial charge on any atom is -0.396 e. The Morgan fingerprint density at radius 3 is 3.00 bits per heavy atom. The number of methoxy groups -OCH3 is 1. The van der Waals surface area contributed by atoms with Gasteiger partial charge in [-0.05, 0) is 13.3 Å². The molecular weight excluding hydrogens is 212 g/mol. The van der Waals surface area contributed by atoms with Gasteiger partial charge in [-0.15, -0.1) is 11.3 Å². The summed E-state index contributed by atoms with van der Waals surface area (Å²) in [5, 5.41) is 14.3. The van der Waals surface area contributed by atoms with Gasteiger partial charge in [0.1, 0.15) is 0 Å². The number of ether oxygens (including phenoxy) is 1. The van der Waals surface area contributed by atoms with Crippen LogP contribution < -0.4 is 5.32 Å². The summed E-state index contributed by atoms with van der Waals surface area (Å²) in [6, 6.07) is 0.375. The van der Waals surface area contributed by atoms with Crippen molar-refractivity contribution in [1.82, 2.24) is 10.3 Å². The Morgan fingerprint density at radius 1 is 1.67 bits per heavy atom. The van der Waals surface area contributed by atoms with Crippen LogP contribution in [0.15, 0.2) is 10.9 Å². The van der Waals surface area contributed by atoms with Crippen LogP contribution in [0.5, 0.6) is 0 Å². The van der Waals surface area contributed by atoms with Gasteiger partial charge >= 0.3 is 0 Å². The zero-order valence-electron chi connectivity index (χ0n) is 9.14. The number of hydrogen-bond acceptors (Lipinski definition) is 5. The molecular formula is C10H18N2O2S. The number of nitrogens with zero attached hydrogens (tertiary/aromatic N) is 1. The van der Waals surface area contributed by atoms with Crippen LogP contribution in [0.25, 0.3) is 0 Å². The van der Waals surface area contributed by atoms with Crippen LogP contribution in [0, 0.1) is 0 Å². The fourth-order valence-corrected chi connectivity index (χ4v) is 2.09. The van der Waals surface area contributed by atoms with Crippen molar-refractivity contribution < 1.29 is 9.84 Å². The number of aliphatic hydroxyl groups is 1. The van der Waals surface area contributed by atoms with Gasteiger partial charge in [0.2, 0.25) is 0 Å². The Bertz CT molecular complexity index is 248. The second-order valence-corrected chi connectivity index (χ2v) is 4.18. The first-order chi connectivity index (χ1) is 7.27. The molecule has 0 fully saturated rings. The first-order valence-corrected chi connectivity index (χ1v) is 5.96. The summed E-state index contributed by atoms with van der Waals surface area (Å²) in [5.41, 5.74) is 2.87. The molecule has 2 atom stereocenters. The highest BCUT2D eigenvalue weighted by molar-refractivity contribution is 7.07. The summed E-state index contributed by atoms with van der Waals surface area (Å²) in [6.45, 7) is 2.84. The van der Waals surface area contributed by atoms with E-state index in [1.807, 2.05) is 10.9 Å². The molecule has 1 aromatic heterocycles. The van der Waals surface area contributed by atoms with Gasteiger partial charge in [0, 0.05) is 31.2 Å². The highest BCUT2D eigenvalue weighted by Gasteiger charge is 2.13. The topological polar surface area (TPSA) is 54.4 Å². The van der Waals surface area contributed by atoms with Gasteiger partial charge in [0.05, 0.1) is 17.8 Å². The second-order valence-electron chi connectivity index (χ2n) is 3.47. The maximum Gasteiger partial charge on any atom is 0.0795 e. The second kappa shape index (κ2) is 6.90. The lowest BCUT2D eigenvalue weighted by atomic mass is 10.1. The highest BCUT2D eigenvalue weighted by atomic mass is 32.1. The molecule has 86 valence electrons. The third-order valence-corrected chi connectivity index (χ3v) is 2.83. The normalized spacial score (nSPS) is 15.1. The van der Waals surface area contributed by atoms with E-state index in [2.05, 4.69) is 17.2 Å². The maximum atomic E-state index is 8.90. The molecule has 2 unspecified atom stereocenters. The standard InChI is InChI=1S/C10H18N2O2S/c1-8(10-6-15-7-11-10)12-9(3-4-13)5-14-2/h6-9,12-13H,3-5H2,1-2H3. The predicted octanol–water partition coefficient (Wildman–Crippen LogP) is 1.19. The summed E-state index contributed by atoms with van der Waals surface area (Å²) in [4.78, 5) is 4.24. The van der Waals surface area contributed by atoms with E-state index in [4.69, 9.17) is 9.84 Å². The summed E-state index contributed by atoms with van der Waals surface area (Å²) in [7, 11) is 1.67. The lowest BCUT2D eigenvalue weighted by Gasteiger charge is -2.21. The van der Waals surface area contributed by atoms with Crippen LogP contribution in [0.2, 0.25) is 0 Å². The summed E-state index contributed by atoms with van der Waals surface area (Å²) in [6.07, 6.45) is 0.697. The van der Waals surface area contributed by atoms with Crippen molar-refractivity contribution in [2.75, 3.05) is 20.3 Å². The first-order valence-electron chi connectivity index (χ1n) is 5.01. The molecule has 0 bridgehead atoms. The first kappa shape index (κ1) is 12.6. The van der Waals surface area contributed by atoms with Crippen LogP contribution >= 0.6 is 11.3 Å². The van der Waals surface area contributed by atoms with E-state index in [1.54, 1.807) is 18.4 Å². The average molecular weight is 230 g/mol. The van der Waals surface area contributed by atoms with Crippen molar-refractivity contribution in [2.45, 2.75) is 25.4 Å². The predicted molar refractivity (Wildman–Crippen MR) is 61.0 cm³/mol. The van der Waals surface area contributed by atoms with E-state index in [0.29, 0.717) is 13.0 Å². The van der Waals surface area contributed by atoms with Gasteiger partial charge in [0.15, 0.2) is 0 Å². The van der Waals surface area contributed by atoms with E-state index in [9.17, 15) is 0 Å². The van der Waals surface area contributed by atoms with E-state index < -0.39 is 0 Å². The van der Waals surface area contributed by atoms with Crippen LogP contribution in [0.3, 0.4) is 0 Å². The molecule has 1 heterocycles. The quantitative estimate of drug-likeness (QED) is 0.739. The molecule has 15 heavy (non-hydrogen) atoms. The van der Waals surface area contributed by atoms with Crippen LogP contribution in [0.4, 0.5) is 0 Å². The van der Waals surface area contributed by atoms with Gasteiger partial charge in [0.25, 0.3) is 0 Å². The van der Waals surface area contributed by atoms with Gasteiger partial charge in [-0.2, -0.15) is 0 Å². The molecule has 0 saturated carbocycles. The van der Waals surface area contributed by atoms with Crippen molar-refractivity contribution in [3.8, 4) is 0 Å². The van der Waals surface area contributed by atoms with Crippen molar-refractivity contribution in [3.63, 3.8) is 0 Å². The maximum absolute atomic E-state index is 8.90. The van der Waals surface area contributed by atoms with Crippen molar-refractivity contribution in [2.24, 2.45) is 0 Å². The Morgan fingerprint density at radius 2 is 2.47 bits per heavy atom. The molecule has 5 heteroatoms. The zero-order valence-corrected chi connectivity index (χ0v) is 9.96. The lowest BCUT2D eigenvalue weighted by molar-refractivity contribution is 0.143. The summed E-state index contributed by atoms with van der Waals surface area (Å²) in [5.74, 6) is 0. The van der Waals surface area contributed by atoms with E-state index in [1.165, 1.54) is 0 Å². The highest BCUT2D eigenvalue weighted by Crippen LogP contribution is 2.13. The van der Waals surface area contributed by atoms with Gasteiger partial charge in [-0.1, -0.05) is 0 Å². The number of aromatic nitrogens is 1. The lowest BCUT2D eigenvalue weighted by Crippen LogP contribution is -2.36. The average Bonchev–Trinajstić information content (AvgIpc) is 2.71. The van der Waals surface area contributed by atoms with Gasteiger partial charge in [-0.3, -0.25) is 0 Å². The van der Waals surface area contributed by atoms with E-state index >= 15 is 0 Å². The summed E-state index contributed by atoms with van der Waals surface area (Å²) >= 11 is 1.59. The van der Waals surface area contributed by atoms with Crippen LogP contribution in [0.1, 0.15) is 25.1 Å². The smallest absolute Gasteiger partial charge is 0.0795 e.